The highest BCUT2D eigenvalue weighted by molar-refractivity contribution is 5.91. The van der Waals surface area contributed by atoms with Crippen molar-refractivity contribution >= 4 is 5.91 Å². The van der Waals surface area contributed by atoms with E-state index in [2.05, 4.69) is 10.3 Å². The molecule has 1 atom stereocenters. The molecule has 1 unspecified atom stereocenters. The summed E-state index contributed by atoms with van der Waals surface area (Å²) in [6.07, 6.45) is 3.00. The highest BCUT2D eigenvalue weighted by Crippen LogP contribution is 2.15. The summed E-state index contributed by atoms with van der Waals surface area (Å²) >= 11 is 0. The molecule has 2 N–H and O–H groups in total. The number of nitrogens with two attached hydrogens (primary N) is 1. The molecule has 1 aromatic heterocycles. The minimum absolute atomic E-state index is 0.188. The summed E-state index contributed by atoms with van der Waals surface area (Å²) in [7, 11) is 0. The molecule has 1 aromatic rings. The fourth-order valence-electron chi connectivity index (χ4n) is 2.00. The lowest BCUT2D eigenvalue weighted by atomic mass is 10.2. The summed E-state index contributed by atoms with van der Waals surface area (Å²) in [6, 6.07) is 0. The van der Waals surface area contributed by atoms with Gasteiger partial charge in [-0.05, 0) is 19.3 Å². The van der Waals surface area contributed by atoms with Gasteiger partial charge in [-0.3, -0.25) is 4.79 Å². The molecular formula is C10H16N4O2. The van der Waals surface area contributed by atoms with Crippen molar-refractivity contribution < 1.29 is 9.53 Å². The summed E-state index contributed by atoms with van der Waals surface area (Å²) in [4.78, 5) is 11.1. The minimum Gasteiger partial charge on any atom is -0.376 e. The maximum Gasteiger partial charge on any atom is 0.271 e. The highest BCUT2D eigenvalue weighted by atomic mass is 16.5. The molecule has 1 fully saturated rings. The van der Waals surface area contributed by atoms with Gasteiger partial charge in [0.15, 0.2) is 5.69 Å². The van der Waals surface area contributed by atoms with Gasteiger partial charge in [-0.15, -0.1) is 5.10 Å². The van der Waals surface area contributed by atoms with Crippen molar-refractivity contribution in [1.29, 1.82) is 0 Å². The zero-order chi connectivity index (χ0) is 11.5. The van der Waals surface area contributed by atoms with Crippen molar-refractivity contribution in [2.24, 2.45) is 5.73 Å². The first-order chi connectivity index (χ1) is 7.72. The van der Waals surface area contributed by atoms with Crippen LogP contribution < -0.4 is 5.73 Å². The van der Waals surface area contributed by atoms with Gasteiger partial charge >= 0.3 is 0 Å². The van der Waals surface area contributed by atoms with Crippen LogP contribution in [0.3, 0.4) is 0 Å². The van der Waals surface area contributed by atoms with Crippen LogP contribution in [0.2, 0.25) is 0 Å². The minimum atomic E-state index is -0.518. The lowest BCUT2D eigenvalue weighted by Crippen LogP contribution is -2.19. The van der Waals surface area contributed by atoms with Gasteiger partial charge in [0.05, 0.1) is 18.3 Å². The second-order valence-electron chi connectivity index (χ2n) is 3.92. The largest absolute Gasteiger partial charge is 0.376 e. The molecule has 0 bridgehead atoms. The molecule has 1 saturated heterocycles. The van der Waals surface area contributed by atoms with Gasteiger partial charge in [0.1, 0.15) is 0 Å². The summed E-state index contributed by atoms with van der Waals surface area (Å²) in [5, 5.41) is 7.77. The second-order valence-corrected chi connectivity index (χ2v) is 3.92. The number of primary amides is 1. The van der Waals surface area contributed by atoms with Crippen molar-refractivity contribution in [3.05, 3.63) is 11.4 Å². The molecule has 1 amide bonds. The van der Waals surface area contributed by atoms with Crippen LogP contribution in [-0.4, -0.2) is 33.6 Å². The van der Waals surface area contributed by atoms with E-state index in [0.29, 0.717) is 13.0 Å². The molecule has 0 spiro atoms. The van der Waals surface area contributed by atoms with Gasteiger partial charge < -0.3 is 10.5 Å². The fourth-order valence-corrected chi connectivity index (χ4v) is 2.00. The van der Waals surface area contributed by atoms with Crippen LogP contribution in [0.25, 0.3) is 0 Å². The molecule has 2 rings (SSSR count). The lowest BCUT2D eigenvalue weighted by Gasteiger charge is -2.10. The van der Waals surface area contributed by atoms with Gasteiger partial charge in [0.25, 0.3) is 5.91 Å². The number of carbonyl (C=O) groups is 1. The first-order valence-electron chi connectivity index (χ1n) is 5.56. The van der Waals surface area contributed by atoms with Gasteiger partial charge in [-0.25, -0.2) is 4.68 Å². The quantitative estimate of drug-likeness (QED) is 0.787. The van der Waals surface area contributed by atoms with E-state index in [0.717, 1.165) is 25.1 Å². The Bertz CT molecular complexity index is 382. The summed E-state index contributed by atoms with van der Waals surface area (Å²) < 4.78 is 7.25. The van der Waals surface area contributed by atoms with Crippen LogP contribution in [0.5, 0.6) is 0 Å². The van der Waals surface area contributed by atoms with Gasteiger partial charge in [-0.2, -0.15) is 0 Å². The van der Waals surface area contributed by atoms with Gasteiger partial charge in [-0.1, -0.05) is 12.1 Å². The van der Waals surface area contributed by atoms with Crippen LogP contribution in [0.15, 0.2) is 0 Å². The van der Waals surface area contributed by atoms with Crippen molar-refractivity contribution in [3.8, 4) is 0 Å². The molecule has 88 valence electrons. The predicted molar refractivity (Wildman–Crippen MR) is 56.9 cm³/mol. The second kappa shape index (κ2) is 4.61. The van der Waals surface area contributed by atoms with E-state index >= 15 is 0 Å². The van der Waals surface area contributed by atoms with Gasteiger partial charge in [0.2, 0.25) is 0 Å². The van der Waals surface area contributed by atoms with Crippen LogP contribution in [0.1, 0.15) is 35.9 Å². The Labute approximate surface area is 93.8 Å². The molecule has 6 nitrogen and oxygen atoms in total. The number of amides is 1. The summed E-state index contributed by atoms with van der Waals surface area (Å²) in [5.74, 6) is -0.518. The molecule has 0 saturated carbocycles. The first kappa shape index (κ1) is 11.1. The number of nitrogens with zero attached hydrogens (tertiary/aromatic N) is 3. The SMILES string of the molecule is CCc1c(C(N)=O)nnn1CC1CCCO1. The topological polar surface area (TPSA) is 83.0 Å². The highest BCUT2D eigenvalue weighted by Gasteiger charge is 2.21. The molecule has 2 heterocycles. The monoisotopic (exact) mass is 224 g/mol. The Morgan fingerprint density at radius 3 is 3.06 bits per heavy atom. The van der Waals surface area contributed by atoms with E-state index in [1.165, 1.54) is 0 Å². The van der Waals surface area contributed by atoms with E-state index in [4.69, 9.17) is 10.5 Å². The maximum absolute atomic E-state index is 11.1. The van der Waals surface area contributed by atoms with Gasteiger partial charge in [0, 0.05) is 6.61 Å². The smallest absolute Gasteiger partial charge is 0.271 e. The summed E-state index contributed by atoms with van der Waals surface area (Å²) in [5.41, 5.74) is 6.30. The molecule has 0 radical (unpaired) electrons. The number of aromatic nitrogens is 3. The Kier molecular flexibility index (Phi) is 3.19. The first-order valence-corrected chi connectivity index (χ1v) is 5.56. The van der Waals surface area contributed by atoms with E-state index < -0.39 is 5.91 Å². The van der Waals surface area contributed by atoms with Crippen molar-refractivity contribution in [2.45, 2.75) is 38.8 Å². The Hall–Kier alpha value is -1.43. The molecule has 0 aliphatic carbocycles. The number of hydrogen-bond acceptors (Lipinski definition) is 4. The molecule has 1 aliphatic heterocycles. The molecule has 0 aromatic carbocycles. The number of hydrogen-bond donors (Lipinski definition) is 1. The van der Waals surface area contributed by atoms with Crippen LogP contribution in [-0.2, 0) is 17.7 Å². The summed E-state index contributed by atoms with van der Waals surface area (Å²) in [6.45, 7) is 3.42. The number of rotatable bonds is 4. The lowest BCUT2D eigenvalue weighted by molar-refractivity contribution is 0.0925. The predicted octanol–water partition coefficient (Wildman–Crippen LogP) is 0.118. The van der Waals surface area contributed by atoms with Crippen molar-refractivity contribution in [3.63, 3.8) is 0 Å². The van der Waals surface area contributed by atoms with E-state index in [1.807, 2.05) is 6.92 Å². The van der Waals surface area contributed by atoms with Crippen LogP contribution in [0, 0.1) is 0 Å². The van der Waals surface area contributed by atoms with Crippen LogP contribution >= 0.6 is 0 Å². The zero-order valence-electron chi connectivity index (χ0n) is 9.35. The average Bonchev–Trinajstić information content (AvgIpc) is 2.87. The zero-order valence-corrected chi connectivity index (χ0v) is 9.35. The van der Waals surface area contributed by atoms with E-state index in [-0.39, 0.29) is 11.8 Å². The Balaban J connectivity index is 2.16. The Morgan fingerprint density at radius 1 is 1.69 bits per heavy atom. The van der Waals surface area contributed by atoms with Crippen molar-refractivity contribution in [1.82, 2.24) is 15.0 Å². The third-order valence-corrected chi connectivity index (χ3v) is 2.81. The normalized spacial score (nSPS) is 20.2. The average molecular weight is 224 g/mol. The van der Waals surface area contributed by atoms with Crippen LogP contribution in [0.4, 0.5) is 0 Å². The third kappa shape index (κ3) is 2.06. The molecular weight excluding hydrogens is 208 g/mol. The molecule has 6 heteroatoms. The van der Waals surface area contributed by atoms with E-state index in [1.54, 1.807) is 4.68 Å². The molecule has 1 aliphatic rings. The third-order valence-electron chi connectivity index (χ3n) is 2.81. The fraction of sp³-hybridized carbons (Fsp3) is 0.700. The van der Waals surface area contributed by atoms with Crippen molar-refractivity contribution in [2.75, 3.05) is 6.61 Å². The maximum atomic E-state index is 11.1. The standard InChI is InChI=1S/C10H16N4O2/c1-2-8-9(10(11)15)12-13-14(8)6-7-4-3-5-16-7/h7H,2-6H2,1H3,(H2,11,15). The van der Waals surface area contributed by atoms with E-state index in [9.17, 15) is 4.79 Å². The number of carbonyl (C=O) groups excluding carboxylic acids is 1. The Morgan fingerprint density at radius 2 is 2.50 bits per heavy atom. The molecule has 16 heavy (non-hydrogen) atoms. The number of ether oxygens (including phenoxy) is 1.